The molecule has 4 nitrogen and oxygen atoms in total. The maximum atomic E-state index is 12.8. The zero-order valence-electron chi connectivity index (χ0n) is 12.8. The molecule has 1 aromatic carbocycles. The van der Waals surface area contributed by atoms with Crippen molar-refractivity contribution in [2.75, 3.05) is 31.1 Å². The number of nitrogens with zero attached hydrogens (tertiary/aromatic N) is 2. The second-order valence-corrected chi connectivity index (χ2v) is 6.07. The standard InChI is InChI=1S/C16H19F3N2O2/c1-11-9-14(15(22)23-11)21-7-5-20(6-8-21)13-4-2-3-12(10-13)16(17,18)19/h2-4,10-11,14H,5-9H2,1H3/t11-,14-/m1/s1. The zero-order chi connectivity index (χ0) is 16.6. The average molecular weight is 328 g/mol. The van der Waals surface area contributed by atoms with Gasteiger partial charge in [0.05, 0.1) is 5.56 Å². The summed E-state index contributed by atoms with van der Waals surface area (Å²) in [7, 11) is 0. The summed E-state index contributed by atoms with van der Waals surface area (Å²) < 4.78 is 43.6. The van der Waals surface area contributed by atoms with Crippen molar-refractivity contribution in [2.45, 2.75) is 31.7 Å². The molecule has 2 aliphatic heterocycles. The third-order valence-corrected chi connectivity index (χ3v) is 4.44. The van der Waals surface area contributed by atoms with Gasteiger partial charge in [0.25, 0.3) is 0 Å². The van der Waals surface area contributed by atoms with Crippen LogP contribution < -0.4 is 4.90 Å². The lowest BCUT2D eigenvalue weighted by Gasteiger charge is -2.38. The molecule has 0 amide bonds. The number of benzene rings is 1. The van der Waals surface area contributed by atoms with Crippen molar-refractivity contribution in [2.24, 2.45) is 0 Å². The van der Waals surface area contributed by atoms with E-state index in [1.54, 1.807) is 6.07 Å². The van der Waals surface area contributed by atoms with Crippen molar-refractivity contribution in [3.05, 3.63) is 29.8 Å². The van der Waals surface area contributed by atoms with E-state index in [4.69, 9.17) is 4.74 Å². The fourth-order valence-corrected chi connectivity index (χ4v) is 3.20. The van der Waals surface area contributed by atoms with Gasteiger partial charge in [-0.25, -0.2) is 0 Å². The Hall–Kier alpha value is -1.76. The van der Waals surface area contributed by atoms with Gasteiger partial charge in [-0.2, -0.15) is 13.2 Å². The van der Waals surface area contributed by atoms with Gasteiger partial charge in [0.2, 0.25) is 0 Å². The summed E-state index contributed by atoms with van der Waals surface area (Å²) in [6.07, 6.45) is -3.71. The van der Waals surface area contributed by atoms with Gasteiger partial charge in [-0.05, 0) is 25.1 Å². The number of hydrogen-bond acceptors (Lipinski definition) is 4. The molecule has 2 heterocycles. The Labute approximate surface area is 132 Å². The van der Waals surface area contributed by atoms with Crippen LogP contribution in [-0.4, -0.2) is 49.2 Å². The van der Waals surface area contributed by atoms with Crippen molar-refractivity contribution in [3.8, 4) is 0 Å². The molecular formula is C16H19F3N2O2. The van der Waals surface area contributed by atoms with Crippen molar-refractivity contribution in [1.29, 1.82) is 0 Å². The molecule has 3 rings (SSSR count). The number of esters is 1. The van der Waals surface area contributed by atoms with Gasteiger partial charge in [0.15, 0.2) is 0 Å². The molecule has 0 aromatic heterocycles. The summed E-state index contributed by atoms with van der Waals surface area (Å²) in [6.45, 7) is 4.35. The van der Waals surface area contributed by atoms with Crippen LogP contribution in [0.25, 0.3) is 0 Å². The molecule has 2 saturated heterocycles. The molecule has 0 spiro atoms. The van der Waals surface area contributed by atoms with E-state index in [0.29, 0.717) is 38.3 Å². The topological polar surface area (TPSA) is 32.8 Å². The van der Waals surface area contributed by atoms with E-state index in [2.05, 4.69) is 4.90 Å². The van der Waals surface area contributed by atoms with E-state index in [-0.39, 0.29) is 18.1 Å². The summed E-state index contributed by atoms with van der Waals surface area (Å²) in [4.78, 5) is 15.8. The van der Waals surface area contributed by atoms with Crippen LogP contribution in [0.3, 0.4) is 0 Å². The van der Waals surface area contributed by atoms with Crippen molar-refractivity contribution in [3.63, 3.8) is 0 Å². The number of anilines is 1. The smallest absolute Gasteiger partial charge is 0.416 e. The highest BCUT2D eigenvalue weighted by Crippen LogP contribution is 2.32. The number of alkyl halides is 3. The highest BCUT2D eigenvalue weighted by molar-refractivity contribution is 5.78. The summed E-state index contributed by atoms with van der Waals surface area (Å²) in [6, 6.07) is 5.17. The average Bonchev–Trinajstić information content (AvgIpc) is 2.85. The lowest BCUT2D eigenvalue weighted by atomic mass is 10.1. The molecule has 2 atom stereocenters. The van der Waals surface area contributed by atoms with Gasteiger partial charge in [0, 0.05) is 38.3 Å². The number of halogens is 3. The molecule has 0 aliphatic carbocycles. The molecule has 126 valence electrons. The van der Waals surface area contributed by atoms with Gasteiger partial charge in [-0.1, -0.05) is 6.07 Å². The highest BCUT2D eigenvalue weighted by Gasteiger charge is 2.38. The van der Waals surface area contributed by atoms with Crippen LogP contribution in [0, 0.1) is 0 Å². The van der Waals surface area contributed by atoms with Crippen molar-refractivity contribution >= 4 is 11.7 Å². The maximum Gasteiger partial charge on any atom is 0.416 e. The Kier molecular flexibility index (Phi) is 4.23. The Balaban J connectivity index is 1.64. The molecule has 2 aliphatic rings. The lowest BCUT2D eigenvalue weighted by molar-refractivity contribution is -0.145. The fraction of sp³-hybridized carbons (Fsp3) is 0.562. The molecule has 0 unspecified atom stereocenters. The summed E-state index contributed by atoms with van der Waals surface area (Å²) in [5.41, 5.74) is -0.0625. The van der Waals surface area contributed by atoms with E-state index in [1.165, 1.54) is 12.1 Å². The van der Waals surface area contributed by atoms with Crippen LogP contribution in [0.1, 0.15) is 18.9 Å². The van der Waals surface area contributed by atoms with Crippen LogP contribution in [0.4, 0.5) is 18.9 Å². The van der Waals surface area contributed by atoms with E-state index in [0.717, 1.165) is 6.07 Å². The molecular weight excluding hydrogens is 309 g/mol. The van der Waals surface area contributed by atoms with Crippen LogP contribution in [0.2, 0.25) is 0 Å². The number of carbonyl (C=O) groups is 1. The number of cyclic esters (lactones) is 1. The highest BCUT2D eigenvalue weighted by atomic mass is 19.4. The van der Waals surface area contributed by atoms with Crippen LogP contribution in [0.15, 0.2) is 24.3 Å². The molecule has 1 aromatic rings. The van der Waals surface area contributed by atoms with E-state index >= 15 is 0 Å². The fourth-order valence-electron chi connectivity index (χ4n) is 3.20. The predicted molar refractivity (Wildman–Crippen MR) is 79.2 cm³/mol. The monoisotopic (exact) mass is 328 g/mol. The van der Waals surface area contributed by atoms with Crippen LogP contribution >= 0.6 is 0 Å². The third kappa shape index (κ3) is 3.44. The van der Waals surface area contributed by atoms with Crippen LogP contribution in [0.5, 0.6) is 0 Å². The van der Waals surface area contributed by atoms with Gasteiger partial charge in [0.1, 0.15) is 12.1 Å². The molecule has 0 saturated carbocycles. The largest absolute Gasteiger partial charge is 0.461 e. The van der Waals surface area contributed by atoms with E-state index in [9.17, 15) is 18.0 Å². The van der Waals surface area contributed by atoms with Gasteiger partial charge >= 0.3 is 12.1 Å². The first-order valence-corrected chi connectivity index (χ1v) is 7.71. The Morgan fingerprint density at radius 2 is 1.87 bits per heavy atom. The van der Waals surface area contributed by atoms with Crippen LogP contribution in [-0.2, 0) is 15.7 Å². The van der Waals surface area contributed by atoms with Crippen molar-refractivity contribution in [1.82, 2.24) is 4.90 Å². The maximum absolute atomic E-state index is 12.8. The molecule has 0 radical (unpaired) electrons. The zero-order valence-corrected chi connectivity index (χ0v) is 12.8. The van der Waals surface area contributed by atoms with Gasteiger partial charge < -0.3 is 9.64 Å². The van der Waals surface area contributed by atoms with E-state index < -0.39 is 11.7 Å². The van der Waals surface area contributed by atoms with Gasteiger partial charge in [-0.3, -0.25) is 9.69 Å². The summed E-state index contributed by atoms with van der Waals surface area (Å²) >= 11 is 0. The normalized spacial score (nSPS) is 26.4. The first kappa shape index (κ1) is 16.1. The third-order valence-electron chi connectivity index (χ3n) is 4.44. The quantitative estimate of drug-likeness (QED) is 0.781. The number of piperazine rings is 1. The minimum absolute atomic E-state index is 0.0611. The molecule has 2 fully saturated rings. The first-order valence-electron chi connectivity index (χ1n) is 7.71. The van der Waals surface area contributed by atoms with Gasteiger partial charge in [-0.15, -0.1) is 0 Å². The lowest BCUT2D eigenvalue weighted by Crippen LogP contribution is -2.51. The first-order chi connectivity index (χ1) is 10.8. The van der Waals surface area contributed by atoms with Crippen molar-refractivity contribution < 1.29 is 22.7 Å². The number of carbonyl (C=O) groups excluding carboxylic acids is 1. The SMILES string of the molecule is C[C@@H]1C[C@@H](N2CCN(c3cccc(C(F)(F)F)c3)CC2)C(=O)O1. The van der Waals surface area contributed by atoms with E-state index in [1.807, 2.05) is 11.8 Å². The molecule has 23 heavy (non-hydrogen) atoms. The molecule has 0 bridgehead atoms. The minimum Gasteiger partial charge on any atom is -0.461 e. The summed E-state index contributed by atoms with van der Waals surface area (Å²) in [5.74, 6) is -0.190. The predicted octanol–water partition coefficient (Wildman–Crippen LogP) is 2.53. The Bertz CT molecular complexity index is 583. The minimum atomic E-state index is -4.33. The molecule has 7 heteroatoms. The molecule has 0 N–H and O–H groups in total. The number of hydrogen-bond donors (Lipinski definition) is 0. The summed E-state index contributed by atoms with van der Waals surface area (Å²) in [5, 5.41) is 0. The Morgan fingerprint density at radius 1 is 1.17 bits per heavy atom. The second-order valence-electron chi connectivity index (χ2n) is 6.07. The number of rotatable bonds is 2. The number of ether oxygens (including phenoxy) is 1. The second kappa shape index (κ2) is 6.03. The Morgan fingerprint density at radius 3 is 2.43 bits per heavy atom.